The lowest BCUT2D eigenvalue weighted by Gasteiger charge is -2.34. The Morgan fingerprint density at radius 3 is 2.61 bits per heavy atom. The van der Waals surface area contributed by atoms with Crippen molar-refractivity contribution in [3.63, 3.8) is 0 Å². The van der Waals surface area contributed by atoms with E-state index < -0.39 is 0 Å². The molecule has 1 amide bonds. The van der Waals surface area contributed by atoms with Crippen molar-refractivity contribution in [3.8, 4) is 0 Å². The zero-order valence-electron chi connectivity index (χ0n) is 13.4. The monoisotopic (exact) mass is 330 g/mol. The molecule has 23 heavy (non-hydrogen) atoms. The smallest absolute Gasteiger partial charge is 0.234 e. The standard InChI is InChI=1S/C17H22N4OS/c1-14-2-4-15(5-3-14)12-19-16(22)13-20-7-9-21(10-8-20)17-18-6-11-23-17/h2-6,11H,7-10,12-13H2,1H3,(H,19,22). The van der Waals surface area contributed by atoms with Crippen LogP contribution in [0.2, 0.25) is 0 Å². The van der Waals surface area contributed by atoms with Gasteiger partial charge in [0.15, 0.2) is 5.13 Å². The Hall–Kier alpha value is -1.92. The molecule has 0 atom stereocenters. The van der Waals surface area contributed by atoms with Crippen LogP contribution in [-0.4, -0.2) is 48.5 Å². The number of nitrogens with zero attached hydrogens (tertiary/aromatic N) is 3. The van der Waals surface area contributed by atoms with Crippen LogP contribution in [0.1, 0.15) is 11.1 Å². The largest absolute Gasteiger partial charge is 0.351 e. The van der Waals surface area contributed by atoms with Crippen molar-refractivity contribution in [2.75, 3.05) is 37.6 Å². The van der Waals surface area contributed by atoms with Crippen molar-refractivity contribution in [3.05, 3.63) is 47.0 Å². The second kappa shape index (κ2) is 7.57. The van der Waals surface area contributed by atoms with Crippen molar-refractivity contribution in [2.24, 2.45) is 0 Å². The van der Waals surface area contributed by atoms with Crippen LogP contribution in [0.3, 0.4) is 0 Å². The number of carbonyl (C=O) groups excluding carboxylic acids is 1. The number of hydrogen-bond donors (Lipinski definition) is 1. The van der Waals surface area contributed by atoms with Gasteiger partial charge in [0.25, 0.3) is 0 Å². The molecule has 0 bridgehead atoms. The van der Waals surface area contributed by atoms with Crippen LogP contribution < -0.4 is 10.2 Å². The molecule has 1 aromatic carbocycles. The molecule has 1 N–H and O–H groups in total. The fourth-order valence-electron chi connectivity index (χ4n) is 2.63. The van der Waals surface area contributed by atoms with Crippen molar-refractivity contribution < 1.29 is 4.79 Å². The fourth-order valence-corrected chi connectivity index (χ4v) is 3.33. The predicted molar refractivity (Wildman–Crippen MR) is 93.8 cm³/mol. The first-order valence-corrected chi connectivity index (χ1v) is 8.78. The number of hydrogen-bond acceptors (Lipinski definition) is 5. The Labute approximate surface area is 140 Å². The van der Waals surface area contributed by atoms with Crippen molar-refractivity contribution in [1.29, 1.82) is 0 Å². The van der Waals surface area contributed by atoms with Gasteiger partial charge in [0.2, 0.25) is 5.91 Å². The number of aromatic nitrogens is 1. The number of benzene rings is 1. The van der Waals surface area contributed by atoms with Crippen molar-refractivity contribution in [2.45, 2.75) is 13.5 Å². The van der Waals surface area contributed by atoms with E-state index >= 15 is 0 Å². The first kappa shape index (κ1) is 16.0. The Morgan fingerprint density at radius 2 is 1.96 bits per heavy atom. The number of rotatable bonds is 5. The number of carbonyl (C=O) groups is 1. The van der Waals surface area contributed by atoms with E-state index in [1.807, 2.05) is 11.6 Å². The van der Waals surface area contributed by atoms with Crippen LogP contribution in [0, 0.1) is 6.92 Å². The highest BCUT2D eigenvalue weighted by atomic mass is 32.1. The topological polar surface area (TPSA) is 48.5 Å². The van der Waals surface area contributed by atoms with Gasteiger partial charge in [-0.3, -0.25) is 9.69 Å². The molecule has 1 saturated heterocycles. The molecular weight excluding hydrogens is 308 g/mol. The molecule has 0 aliphatic carbocycles. The minimum Gasteiger partial charge on any atom is -0.351 e. The molecule has 122 valence electrons. The molecule has 1 aliphatic rings. The van der Waals surface area contributed by atoms with Gasteiger partial charge in [-0.2, -0.15) is 0 Å². The zero-order valence-corrected chi connectivity index (χ0v) is 14.2. The van der Waals surface area contributed by atoms with Crippen LogP contribution in [-0.2, 0) is 11.3 Å². The number of nitrogens with one attached hydrogen (secondary N) is 1. The molecule has 0 saturated carbocycles. The summed E-state index contributed by atoms with van der Waals surface area (Å²) in [5.41, 5.74) is 2.37. The van der Waals surface area contributed by atoms with Crippen LogP contribution in [0.15, 0.2) is 35.8 Å². The van der Waals surface area contributed by atoms with E-state index in [9.17, 15) is 4.79 Å². The lowest BCUT2D eigenvalue weighted by molar-refractivity contribution is -0.122. The highest BCUT2D eigenvalue weighted by molar-refractivity contribution is 7.13. The number of thiazole rings is 1. The molecule has 3 rings (SSSR count). The summed E-state index contributed by atoms with van der Waals surface area (Å²) >= 11 is 1.67. The lowest BCUT2D eigenvalue weighted by Crippen LogP contribution is -2.49. The Bertz CT molecular complexity index is 619. The third-order valence-electron chi connectivity index (χ3n) is 4.04. The molecule has 1 fully saturated rings. The van der Waals surface area contributed by atoms with E-state index in [2.05, 4.69) is 51.3 Å². The summed E-state index contributed by atoms with van der Waals surface area (Å²) in [5.74, 6) is 0.0910. The highest BCUT2D eigenvalue weighted by Crippen LogP contribution is 2.18. The molecule has 2 heterocycles. The third kappa shape index (κ3) is 4.53. The molecule has 0 radical (unpaired) electrons. The predicted octanol–water partition coefficient (Wildman–Crippen LogP) is 1.89. The summed E-state index contributed by atoms with van der Waals surface area (Å²) in [5, 5.41) is 6.08. The minimum atomic E-state index is 0.0910. The summed E-state index contributed by atoms with van der Waals surface area (Å²) in [6.45, 7) is 6.79. The van der Waals surface area contributed by atoms with E-state index in [1.54, 1.807) is 11.3 Å². The summed E-state index contributed by atoms with van der Waals surface area (Å²) in [4.78, 5) is 20.9. The van der Waals surface area contributed by atoms with Crippen molar-refractivity contribution in [1.82, 2.24) is 15.2 Å². The van der Waals surface area contributed by atoms with Gasteiger partial charge in [-0.05, 0) is 12.5 Å². The maximum atomic E-state index is 12.1. The zero-order chi connectivity index (χ0) is 16.1. The van der Waals surface area contributed by atoms with Gasteiger partial charge in [0.05, 0.1) is 6.54 Å². The highest BCUT2D eigenvalue weighted by Gasteiger charge is 2.20. The van der Waals surface area contributed by atoms with Gasteiger partial charge >= 0.3 is 0 Å². The van der Waals surface area contributed by atoms with Gasteiger partial charge in [0, 0.05) is 44.3 Å². The molecule has 0 unspecified atom stereocenters. The van der Waals surface area contributed by atoms with Gasteiger partial charge < -0.3 is 10.2 Å². The average Bonchev–Trinajstić information content (AvgIpc) is 3.09. The summed E-state index contributed by atoms with van der Waals surface area (Å²) < 4.78 is 0. The third-order valence-corrected chi connectivity index (χ3v) is 4.87. The fraction of sp³-hybridized carbons (Fsp3) is 0.412. The van der Waals surface area contributed by atoms with E-state index in [-0.39, 0.29) is 5.91 Å². The van der Waals surface area contributed by atoms with E-state index in [4.69, 9.17) is 0 Å². The normalized spacial score (nSPS) is 15.6. The summed E-state index contributed by atoms with van der Waals surface area (Å²) in [6.07, 6.45) is 1.84. The molecule has 5 nitrogen and oxygen atoms in total. The molecule has 1 aliphatic heterocycles. The average molecular weight is 330 g/mol. The molecular formula is C17H22N4OS. The summed E-state index contributed by atoms with van der Waals surface area (Å²) in [6, 6.07) is 8.25. The second-order valence-electron chi connectivity index (χ2n) is 5.84. The number of anilines is 1. The van der Waals surface area contributed by atoms with Crippen LogP contribution in [0.25, 0.3) is 0 Å². The maximum Gasteiger partial charge on any atom is 0.234 e. The molecule has 6 heteroatoms. The molecule has 0 spiro atoms. The summed E-state index contributed by atoms with van der Waals surface area (Å²) in [7, 11) is 0. The quantitative estimate of drug-likeness (QED) is 0.909. The Kier molecular flexibility index (Phi) is 5.25. The van der Waals surface area contributed by atoms with Gasteiger partial charge in [-0.25, -0.2) is 4.98 Å². The van der Waals surface area contributed by atoms with Gasteiger partial charge in [-0.1, -0.05) is 29.8 Å². The van der Waals surface area contributed by atoms with E-state index in [1.165, 1.54) is 5.56 Å². The minimum absolute atomic E-state index is 0.0910. The maximum absolute atomic E-state index is 12.1. The van der Waals surface area contributed by atoms with Crippen LogP contribution in [0.5, 0.6) is 0 Å². The van der Waals surface area contributed by atoms with E-state index in [0.717, 1.165) is 36.9 Å². The molecule has 2 aromatic rings. The van der Waals surface area contributed by atoms with Crippen LogP contribution >= 0.6 is 11.3 Å². The number of aryl methyl sites for hydroxylation is 1. The van der Waals surface area contributed by atoms with Gasteiger partial charge in [0.1, 0.15) is 0 Å². The van der Waals surface area contributed by atoms with Crippen LogP contribution in [0.4, 0.5) is 5.13 Å². The molecule has 1 aromatic heterocycles. The Morgan fingerprint density at radius 1 is 1.22 bits per heavy atom. The van der Waals surface area contributed by atoms with Crippen molar-refractivity contribution >= 4 is 22.4 Å². The SMILES string of the molecule is Cc1ccc(CNC(=O)CN2CCN(c3nccs3)CC2)cc1. The first-order chi connectivity index (χ1) is 11.2. The number of piperazine rings is 1. The Balaban J connectivity index is 1.40. The lowest BCUT2D eigenvalue weighted by atomic mass is 10.1. The van der Waals surface area contributed by atoms with E-state index in [0.29, 0.717) is 13.1 Å². The van der Waals surface area contributed by atoms with Gasteiger partial charge in [-0.15, -0.1) is 11.3 Å². The first-order valence-electron chi connectivity index (χ1n) is 7.90. The second-order valence-corrected chi connectivity index (χ2v) is 6.71. The number of amides is 1.